The summed E-state index contributed by atoms with van der Waals surface area (Å²) in [6.45, 7) is 0.0830. The molecule has 0 saturated carbocycles. The Kier molecular flexibility index (Phi) is 4.69. The van der Waals surface area contributed by atoms with Crippen LogP contribution in [-0.2, 0) is 4.79 Å². The van der Waals surface area contributed by atoms with Gasteiger partial charge in [-0.05, 0) is 7.05 Å². The Hall–Kier alpha value is -0.710. The molecule has 3 nitrogen and oxygen atoms in total. The Bertz CT molecular complexity index is 130. The Morgan fingerprint density at radius 1 is 1.64 bits per heavy atom. The highest BCUT2D eigenvalue weighted by molar-refractivity contribution is 5.70. The molecule has 5 heteroatoms. The second kappa shape index (κ2) is 5.01. The number of aliphatic carboxylic acids is 1. The maximum atomic E-state index is 11.7. The predicted octanol–water partition coefficient (Wildman–Crippen LogP) is 0.562. The van der Waals surface area contributed by atoms with Gasteiger partial charge in [-0.3, -0.25) is 4.79 Å². The van der Waals surface area contributed by atoms with E-state index in [0.29, 0.717) is 0 Å². The first kappa shape index (κ1) is 10.3. The van der Waals surface area contributed by atoms with Crippen LogP contribution in [0.25, 0.3) is 0 Å². The number of nitrogens with one attached hydrogen (secondary N) is 1. The summed E-state index contributed by atoms with van der Waals surface area (Å²) < 4.78 is 23.4. The third-order valence-corrected chi connectivity index (χ3v) is 1.26. The van der Waals surface area contributed by atoms with Crippen molar-refractivity contribution in [3.8, 4) is 0 Å². The third-order valence-electron chi connectivity index (χ3n) is 1.26. The average molecular weight is 167 g/mol. The van der Waals surface area contributed by atoms with Crippen LogP contribution in [0, 0.1) is 5.92 Å². The molecule has 0 heterocycles. The lowest BCUT2D eigenvalue weighted by Crippen LogP contribution is -2.27. The number of halogens is 2. The molecule has 0 aliphatic heterocycles. The number of carboxylic acid groups (broad SMARTS) is 1. The number of hydrogen-bond acceptors (Lipinski definition) is 2. The van der Waals surface area contributed by atoms with Crippen molar-refractivity contribution in [1.82, 2.24) is 5.32 Å². The Labute approximate surface area is 63.4 Å². The largest absolute Gasteiger partial charge is 0.481 e. The molecule has 0 aliphatic rings. The van der Waals surface area contributed by atoms with E-state index < -0.39 is 24.7 Å². The fraction of sp³-hybridized carbons (Fsp3) is 0.833. The van der Waals surface area contributed by atoms with E-state index >= 15 is 0 Å². The quantitative estimate of drug-likeness (QED) is 0.629. The molecule has 1 atom stereocenters. The maximum absolute atomic E-state index is 11.7. The molecule has 0 aliphatic carbocycles. The van der Waals surface area contributed by atoms with Crippen molar-refractivity contribution in [3.63, 3.8) is 0 Å². The van der Waals surface area contributed by atoms with E-state index in [2.05, 4.69) is 5.32 Å². The minimum atomic E-state index is -2.55. The molecule has 0 aromatic rings. The summed E-state index contributed by atoms with van der Waals surface area (Å²) in [4.78, 5) is 10.3. The molecule has 1 unspecified atom stereocenters. The third kappa shape index (κ3) is 4.66. The van der Waals surface area contributed by atoms with E-state index in [0.717, 1.165) is 0 Å². The van der Waals surface area contributed by atoms with Crippen LogP contribution in [0.15, 0.2) is 0 Å². The summed E-state index contributed by atoms with van der Waals surface area (Å²) in [5.74, 6) is -2.17. The van der Waals surface area contributed by atoms with Crippen LogP contribution in [0.4, 0.5) is 8.78 Å². The lowest BCUT2D eigenvalue weighted by atomic mass is 10.1. The van der Waals surface area contributed by atoms with Crippen LogP contribution >= 0.6 is 0 Å². The maximum Gasteiger partial charge on any atom is 0.308 e. The molecule has 0 rings (SSSR count). The van der Waals surface area contributed by atoms with Gasteiger partial charge in [0.25, 0.3) is 0 Å². The first-order chi connectivity index (χ1) is 5.07. The summed E-state index contributed by atoms with van der Waals surface area (Å²) in [5.41, 5.74) is 0. The summed E-state index contributed by atoms with van der Waals surface area (Å²) in [7, 11) is 1.53. The monoisotopic (exact) mass is 167 g/mol. The Morgan fingerprint density at radius 3 is 2.45 bits per heavy atom. The molecular weight excluding hydrogens is 156 g/mol. The Morgan fingerprint density at radius 2 is 2.18 bits per heavy atom. The normalized spacial score (nSPS) is 13.5. The van der Waals surface area contributed by atoms with E-state index in [-0.39, 0.29) is 6.54 Å². The summed E-state index contributed by atoms with van der Waals surface area (Å²) in [6, 6.07) is 0. The van der Waals surface area contributed by atoms with Gasteiger partial charge in [-0.25, -0.2) is 8.78 Å². The van der Waals surface area contributed by atoms with Gasteiger partial charge in [0, 0.05) is 13.0 Å². The van der Waals surface area contributed by atoms with Gasteiger partial charge in [0.2, 0.25) is 6.43 Å². The van der Waals surface area contributed by atoms with Crippen LogP contribution in [0.2, 0.25) is 0 Å². The van der Waals surface area contributed by atoms with E-state index in [1.807, 2.05) is 0 Å². The summed E-state index contributed by atoms with van der Waals surface area (Å²) in [5, 5.41) is 10.9. The zero-order valence-corrected chi connectivity index (χ0v) is 6.18. The molecule has 11 heavy (non-hydrogen) atoms. The number of rotatable bonds is 5. The van der Waals surface area contributed by atoms with E-state index in [4.69, 9.17) is 5.11 Å². The fourth-order valence-corrected chi connectivity index (χ4v) is 0.733. The minimum Gasteiger partial charge on any atom is -0.481 e. The number of alkyl halides is 2. The molecule has 0 amide bonds. The van der Waals surface area contributed by atoms with Crippen molar-refractivity contribution in [3.05, 3.63) is 0 Å². The fourth-order valence-electron chi connectivity index (χ4n) is 0.733. The topological polar surface area (TPSA) is 49.3 Å². The van der Waals surface area contributed by atoms with Gasteiger partial charge >= 0.3 is 5.97 Å². The standard InChI is InChI=1S/C6H11F2NO2/c1-9-3-4(6(10)11)2-5(7)8/h4-5,9H,2-3H2,1H3,(H,10,11). The first-order valence-corrected chi connectivity index (χ1v) is 3.23. The molecule has 0 radical (unpaired) electrons. The van der Waals surface area contributed by atoms with Crippen molar-refractivity contribution >= 4 is 5.97 Å². The smallest absolute Gasteiger partial charge is 0.308 e. The highest BCUT2D eigenvalue weighted by Gasteiger charge is 2.20. The highest BCUT2D eigenvalue weighted by Crippen LogP contribution is 2.09. The zero-order chi connectivity index (χ0) is 8.85. The van der Waals surface area contributed by atoms with E-state index in [1.165, 1.54) is 7.05 Å². The lowest BCUT2D eigenvalue weighted by Gasteiger charge is -2.09. The second-order valence-corrected chi connectivity index (χ2v) is 2.22. The first-order valence-electron chi connectivity index (χ1n) is 3.23. The molecule has 2 N–H and O–H groups in total. The number of carboxylic acids is 1. The van der Waals surface area contributed by atoms with Crippen LogP contribution in [-0.4, -0.2) is 31.1 Å². The molecule has 0 fully saturated rings. The van der Waals surface area contributed by atoms with Gasteiger partial charge in [-0.2, -0.15) is 0 Å². The van der Waals surface area contributed by atoms with Crippen LogP contribution in [0.5, 0.6) is 0 Å². The second-order valence-electron chi connectivity index (χ2n) is 2.22. The lowest BCUT2D eigenvalue weighted by molar-refractivity contribution is -0.143. The van der Waals surface area contributed by atoms with E-state index in [9.17, 15) is 13.6 Å². The van der Waals surface area contributed by atoms with Crippen molar-refractivity contribution in [2.24, 2.45) is 5.92 Å². The molecule has 66 valence electrons. The molecule has 0 aromatic carbocycles. The average Bonchev–Trinajstić information content (AvgIpc) is 1.86. The number of carbonyl (C=O) groups is 1. The van der Waals surface area contributed by atoms with Gasteiger partial charge in [0.05, 0.1) is 5.92 Å². The molecular formula is C6H11F2NO2. The molecule has 0 saturated heterocycles. The van der Waals surface area contributed by atoms with Crippen molar-refractivity contribution < 1.29 is 18.7 Å². The van der Waals surface area contributed by atoms with Crippen molar-refractivity contribution in [2.75, 3.05) is 13.6 Å². The van der Waals surface area contributed by atoms with Gasteiger partial charge in [0.1, 0.15) is 0 Å². The predicted molar refractivity (Wildman–Crippen MR) is 35.7 cm³/mol. The molecule has 0 aromatic heterocycles. The summed E-state index contributed by atoms with van der Waals surface area (Å²) >= 11 is 0. The summed E-state index contributed by atoms with van der Waals surface area (Å²) in [6.07, 6.45) is -3.14. The zero-order valence-electron chi connectivity index (χ0n) is 6.18. The van der Waals surface area contributed by atoms with Crippen molar-refractivity contribution in [2.45, 2.75) is 12.8 Å². The van der Waals surface area contributed by atoms with Gasteiger partial charge in [-0.1, -0.05) is 0 Å². The van der Waals surface area contributed by atoms with Crippen LogP contribution in [0.1, 0.15) is 6.42 Å². The van der Waals surface area contributed by atoms with E-state index in [1.54, 1.807) is 0 Å². The molecule has 0 spiro atoms. The van der Waals surface area contributed by atoms with Gasteiger partial charge in [0.15, 0.2) is 0 Å². The van der Waals surface area contributed by atoms with Gasteiger partial charge in [-0.15, -0.1) is 0 Å². The van der Waals surface area contributed by atoms with Crippen LogP contribution < -0.4 is 5.32 Å². The number of hydrogen-bond donors (Lipinski definition) is 2. The van der Waals surface area contributed by atoms with Gasteiger partial charge < -0.3 is 10.4 Å². The van der Waals surface area contributed by atoms with Crippen molar-refractivity contribution in [1.29, 1.82) is 0 Å². The SMILES string of the molecule is CNCC(CC(F)F)C(=O)O. The molecule has 0 bridgehead atoms. The Balaban J connectivity index is 3.79. The van der Waals surface area contributed by atoms with Crippen LogP contribution in [0.3, 0.4) is 0 Å². The highest BCUT2D eigenvalue weighted by atomic mass is 19.3. The minimum absolute atomic E-state index is 0.0830.